The number of amides is 1. The quantitative estimate of drug-likeness (QED) is 0.720. The Balaban J connectivity index is 1.93. The molecule has 0 saturated carbocycles. The number of ether oxygens (including phenoxy) is 1. The second-order valence-electron chi connectivity index (χ2n) is 7.01. The Kier molecular flexibility index (Phi) is 4.82. The molecule has 2 aromatic rings. The summed E-state index contributed by atoms with van der Waals surface area (Å²) in [6.07, 6.45) is 0.184. The third-order valence-electron chi connectivity index (χ3n) is 3.85. The fourth-order valence-electron chi connectivity index (χ4n) is 2.74. The minimum Gasteiger partial charge on any atom is -0.442 e. The predicted octanol–water partition coefficient (Wildman–Crippen LogP) is 5.43. The fourth-order valence-corrected chi connectivity index (χ4v) is 2.86. The van der Waals surface area contributed by atoms with Crippen LogP contribution in [-0.2, 0) is 4.74 Å². The summed E-state index contributed by atoms with van der Waals surface area (Å²) < 4.78 is 5.54. The van der Waals surface area contributed by atoms with Gasteiger partial charge in [-0.25, -0.2) is 4.79 Å². The van der Waals surface area contributed by atoms with Crippen molar-refractivity contribution in [3.05, 3.63) is 70.7 Å². The highest BCUT2D eigenvalue weighted by Gasteiger charge is 2.35. The lowest BCUT2D eigenvalue weighted by Gasteiger charge is -2.26. The molecule has 1 aliphatic heterocycles. The number of rotatable bonds is 2. The Bertz CT molecular complexity index is 780. The van der Waals surface area contributed by atoms with Crippen molar-refractivity contribution in [3.63, 3.8) is 0 Å². The lowest BCUT2D eigenvalue weighted by molar-refractivity contribution is 0.0195. The number of hydrogen-bond donors (Lipinski definition) is 0. The topological polar surface area (TPSA) is 41.9 Å². The molecule has 5 heteroatoms. The first-order chi connectivity index (χ1) is 11.8. The summed E-state index contributed by atoms with van der Waals surface area (Å²) in [6.45, 7) is 5.54. The highest BCUT2D eigenvalue weighted by Crippen LogP contribution is 2.34. The third-order valence-corrected chi connectivity index (χ3v) is 4.10. The Labute approximate surface area is 153 Å². The molecule has 1 aliphatic rings. The number of hydrogen-bond acceptors (Lipinski definition) is 3. The number of hydrazone groups is 1. The third kappa shape index (κ3) is 4.20. The molecule has 4 nitrogen and oxygen atoms in total. The van der Waals surface area contributed by atoms with Crippen molar-refractivity contribution >= 4 is 23.4 Å². The lowest BCUT2D eigenvalue weighted by atomic mass is 9.99. The molecular weight excluding hydrogens is 336 g/mol. The van der Waals surface area contributed by atoms with Crippen LogP contribution in [0.1, 0.15) is 44.4 Å². The second kappa shape index (κ2) is 6.89. The van der Waals surface area contributed by atoms with Crippen LogP contribution < -0.4 is 0 Å². The van der Waals surface area contributed by atoms with Crippen LogP contribution in [-0.4, -0.2) is 22.4 Å². The standard InChI is InChI=1S/C20H21ClN2O2/c1-20(2,3)25-19(24)23-18(15-9-11-16(21)12-10-15)13-17(22-23)14-7-5-4-6-8-14/h4-12,18H,13H2,1-3H3/t18-/m0/s1. The molecule has 0 fully saturated rings. The van der Waals surface area contributed by atoms with Crippen LogP contribution in [0.25, 0.3) is 0 Å². The summed E-state index contributed by atoms with van der Waals surface area (Å²) in [6, 6.07) is 17.2. The number of carbonyl (C=O) groups excluding carboxylic acids is 1. The Morgan fingerprint density at radius 2 is 1.76 bits per heavy atom. The first-order valence-electron chi connectivity index (χ1n) is 8.24. The van der Waals surface area contributed by atoms with Gasteiger partial charge in [-0.3, -0.25) is 0 Å². The zero-order valence-corrected chi connectivity index (χ0v) is 15.3. The summed E-state index contributed by atoms with van der Waals surface area (Å²) in [5.74, 6) is 0. The van der Waals surface area contributed by atoms with Crippen molar-refractivity contribution in [2.75, 3.05) is 0 Å². The van der Waals surface area contributed by atoms with Crippen LogP contribution in [0.2, 0.25) is 5.02 Å². The lowest BCUT2D eigenvalue weighted by Crippen LogP contribution is -2.34. The van der Waals surface area contributed by atoms with E-state index in [1.807, 2.05) is 75.4 Å². The van der Waals surface area contributed by atoms with Crippen LogP contribution in [0.3, 0.4) is 0 Å². The van der Waals surface area contributed by atoms with Crippen molar-refractivity contribution in [1.29, 1.82) is 0 Å². The minimum absolute atomic E-state index is 0.206. The van der Waals surface area contributed by atoms with E-state index in [2.05, 4.69) is 5.10 Å². The van der Waals surface area contributed by atoms with E-state index in [1.165, 1.54) is 5.01 Å². The average Bonchev–Trinajstić information content (AvgIpc) is 3.00. The van der Waals surface area contributed by atoms with E-state index in [0.717, 1.165) is 16.8 Å². The smallest absolute Gasteiger partial charge is 0.431 e. The minimum atomic E-state index is -0.577. The van der Waals surface area contributed by atoms with Gasteiger partial charge in [-0.05, 0) is 44.0 Å². The largest absolute Gasteiger partial charge is 0.442 e. The molecule has 0 bridgehead atoms. The van der Waals surface area contributed by atoms with Crippen molar-refractivity contribution in [1.82, 2.24) is 5.01 Å². The van der Waals surface area contributed by atoms with Gasteiger partial charge in [0.1, 0.15) is 5.60 Å². The van der Waals surface area contributed by atoms with E-state index >= 15 is 0 Å². The number of nitrogens with zero attached hydrogens (tertiary/aromatic N) is 2. The van der Waals surface area contributed by atoms with Crippen molar-refractivity contribution in [2.45, 2.75) is 38.8 Å². The van der Waals surface area contributed by atoms with Gasteiger partial charge in [0.15, 0.2) is 0 Å². The number of halogens is 1. The summed E-state index contributed by atoms with van der Waals surface area (Å²) in [5, 5.41) is 6.67. The molecule has 0 aromatic heterocycles. The molecule has 0 radical (unpaired) electrons. The summed E-state index contributed by atoms with van der Waals surface area (Å²) >= 11 is 6.00. The summed E-state index contributed by atoms with van der Waals surface area (Å²) in [7, 11) is 0. The van der Waals surface area contributed by atoms with Gasteiger partial charge in [0.2, 0.25) is 0 Å². The molecule has 0 N–H and O–H groups in total. The van der Waals surface area contributed by atoms with Crippen molar-refractivity contribution < 1.29 is 9.53 Å². The molecule has 0 unspecified atom stereocenters. The summed E-state index contributed by atoms with van der Waals surface area (Å²) in [5.41, 5.74) is 2.27. The maximum absolute atomic E-state index is 12.7. The Hall–Kier alpha value is -2.33. The van der Waals surface area contributed by atoms with Crippen molar-refractivity contribution in [3.8, 4) is 0 Å². The van der Waals surface area contributed by atoms with E-state index in [9.17, 15) is 4.79 Å². The van der Waals surface area contributed by atoms with E-state index in [1.54, 1.807) is 0 Å². The fraction of sp³-hybridized carbons (Fsp3) is 0.300. The molecule has 1 heterocycles. The molecule has 25 heavy (non-hydrogen) atoms. The average molecular weight is 357 g/mol. The van der Waals surface area contributed by atoms with Gasteiger partial charge in [-0.15, -0.1) is 0 Å². The van der Waals surface area contributed by atoms with Crippen LogP contribution >= 0.6 is 11.6 Å². The van der Waals surface area contributed by atoms with Gasteiger partial charge < -0.3 is 4.74 Å². The molecule has 3 rings (SSSR count). The van der Waals surface area contributed by atoms with Gasteiger partial charge in [-0.1, -0.05) is 54.1 Å². The molecule has 2 aromatic carbocycles. The molecule has 1 amide bonds. The normalized spacial score (nSPS) is 17.4. The molecule has 0 saturated heterocycles. The van der Waals surface area contributed by atoms with Gasteiger partial charge in [0, 0.05) is 11.4 Å². The molecule has 1 atom stereocenters. The van der Waals surface area contributed by atoms with E-state index in [0.29, 0.717) is 11.4 Å². The Morgan fingerprint density at radius 3 is 2.36 bits per heavy atom. The van der Waals surface area contributed by atoms with Gasteiger partial charge in [0.05, 0.1) is 11.8 Å². The van der Waals surface area contributed by atoms with E-state index < -0.39 is 11.7 Å². The molecule has 0 spiro atoms. The van der Waals surface area contributed by atoms with Crippen LogP contribution in [0, 0.1) is 0 Å². The van der Waals surface area contributed by atoms with E-state index in [-0.39, 0.29) is 6.04 Å². The first kappa shape index (κ1) is 17.5. The number of benzene rings is 2. The Morgan fingerprint density at radius 1 is 1.12 bits per heavy atom. The zero-order valence-electron chi connectivity index (χ0n) is 14.6. The van der Waals surface area contributed by atoms with Crippen LogP contribution in [0.5, 0.6) is 0 Å². The maximum atomic E-state index is 12.7. The maximum Gasteiger partial charge on any atom is 0.431 e. The molecule has 130 valence electrons. The first-order valence-corrected chi connectivity index (χ1v) is 8.62. The molecular formula is C20H21ClN2O2. The SMILES string of the molecule is CC(C)(C)OC(=O)N1N=C(c2ccccc2)C[C@H]1c1ccc(Cl)cc1. The van der Waals surface area contributed by atoms with Gasteiger partial charge in [-0.2, -0.15) is 10.1 Å². The number of carbonyl (C=O) groups is 1. The highest BCUT2D eigenvalue weighted by molar-refractivity contribution is 6.30. The monoisotopic (exact) mass is 356 g/mol. The molecule has 0 aliphatic carbocycles. The highest BCUT2D eigenvalue weighted by atomic mass is 35.5. The van der Waals surface area contributed by atoms with Crippen LogP contribution in [0.4, 0.5) is 4.79 Å². The second-order valence-corrected chi connectivity index (χ2v) is 7.45. The zero-order chi connectivity index (χ0) is 18.0. The van der Waals surface area contributed by atoms with Crippen LogP contribution in [0.15, 0.2) is 59.7 Å². The predicted molar refractivity (Wildman–Crippen MR) is 99.9 cm³/mol. The van der Waals surface area contributed by atoms with Gasteiger partial charge in [0.25, 0.3) is 0 Å². The summed E-state index contributed by atoms with van der Waals surface area (Å²) in [4.78, 5) is 12.7. The van der Waals surface area contributed by atoms with Crippen molar-refractivity contribution in [2.24, 2.45) is 5.10 Å². The van der Waals surface area contributed by atoms with Gasteiger partial charge >= 0.3 is 6.09 Å². The van der Waals surface area contributed by atoms with E-state index in [4.69, 9.17) is 16.3 Å².